The van der Waals surface area contributed by atoms with E-state index in [1.54, 1.807) is 0 Å². The first-order valence-corrected chi connectivity index (χ1v) is 11.4. The molecule has 0 rings (SSSR count). The second-order valence-electron chi connectivity index (χ2n) is 7.64. The molecule has 1 unspecified atom stereocenters. The van der Waals surface area contributed by atoms with Crippen LogP contribution in [0.25, 0.3) is 0 Å². The van der Waals surface area contributed by atoms with E-state index in [2.05, 4.69) is 13.8 Å². The molecule has 0 saturated carbocycles. The van der Waals surface area contributed by atoms with Crippen molar-refractivity contribution in [1.29, 1.82) is 0 Å². The molecule has 0 aliphatic rings. The summed E-state index contributed by atoms with van der Waals surface area (Å²) in [6, 6.07) is -1.21. The van der Waals surface area contributed by atoms with Gasteiger partial charge in [0.1, 0.15) is 0 Å². The first-order chi connectivity index (χ1) is 13.5. The van der Waals surface area contributed by atoms with Crippen molar-refractivity contribution in [1.82, 2.24) is 0 Å². The quantitative estimate of drug-likeness (QED) is 0.109. The zero-order valence-electron chi connectivity index (χ0n) is 21.2. The summed E-state index contributed by atoms with van der Waals surface area (Å²) in [4.78, 5) is 19.6. The van der Waals surface area contributed by atoms with Crippen molar-refractivity contribution in [3.63, 3.8) is 0 Å². The van der Waals surface area contributed by atoms with E-state index in [-0.39, 0.29) is 145 Å². The minimum atomic E-state index is -1.44. The first-order valence-electron chi connectivity index (χ1n) is 11.4. The Morgan fingerprint density at radius 2 is 1.06 bits per heavy atom. The first kappa shape index (κ1) is 44.2. The average molecular weight is 500 g/mol. The van der Waals surface area contributed by atoms with Gasteiger partial charge in [0, 0.05) is 12.0 Å². The summed E-state index contributed by atoms with van der Waals surface area (Å²) in [5, 5.41) is 19.6. The summed E-state index contributed by atoms with van der Waals surface area (Å²) in [5.74, 6) is -2.75. The van der Waals surface area contributed by atoms with Gasteiger partial charge in [-0.3, -0.25) is 0 Å². The molecular weight excluding hydrogens is 455 g/mol. The van der Waals surface area contributed by atoms with Crippen molar-refractivity contribution in [2.75, 3.05) is 0 Å². The van der Waals surface area contributed by atoms with E-state index in [1.807, 2.05) is 0 Å². The topological polar surface area (TPSA) is 106 Å². The van der Waals surface area contributed by atoms with Gasteiger partial charge in [-0.05, 0) is 12.8 Å². The summed E-state index contributed by atoms with van der Waals surface area (Å²) in [6.07, 6.45) is 22.3. The van der Waals surface area contributed by atoms with E-state index in [9.17, 15) is 19.8 Å². The molecule has 8 heteroatoms. The van der Waals surface area contributed by atoms with Crippen molar-refractivity contribution in [2.24, 2.45) is 5.73 Å². The van der Waals surface area contributed by atoms with E-state index in [0.717, 1.165) is 6.42 Å². The number of nitrogens with two attached hydrogens (primary N) is 1. The van der Waals surface area contributed by atoms with Gasteiger partial charge >= 0.3 is 132 Å². The number of carbonyl (C=O) groups is 2. The minimum Gasteiger partial charge on any atom is -0.550 e. The third kappa shape index (κ3) is 43.7. The van der Waals surface area contributed by atoms with Crippen LogP contribution in [0.15, 0.2) is 0 Å². The van der Waals surface area contributed by atoms with Crippen LogP contribution in [0.2, 0.25) is 0 Å². The smallest absolute Gasteiger partial charge is 0.550 e. The Balaban J connectivity index is -0.000000150. The third-order valence-corrected chi connectivity index (χ3v) is 4.82. The zero-order valence-corrected chi connectivity index (χ0v) is 29.5. The standard InChI is InChI=1S/C18H37.C5H9NO4.2K.Na/c1-3-5-7-9-11-13-15-17-18-16-14-12-10-8-6-4-2;6-3(5(9)10)1-2-4(7)8;;;/h1,3-18H2,2H3;3H,1-2,6H2,(H,7,8)(H,9,10);;;/q-1;;3*+1/p-2. The van der Waals surface area contributed by atoms with Gasteiger partial charge in [-0.25, -0.2) is 0 Å². The second kappa shape index (κ2) is 37.7. The normalized spacial score (nSPS) is 10.4. The van der Waals surface area contributed by atoms with Crippen molar-refractivity contribution in [3.05, 3.63) is 6.92 Å². The maximum atomic E-state index is 9.86. The van der Waals surface area contributed by atoms with Crippen LogP contribution in [0.3, 0.4) is 0 Å². The van der Waals surface area contributed by atoms with Crippen LogP contribution in [-0.2, 0) is 9.59 Å². The molecule has 0 bridgehead atoms. The van der Waals surface area contributed by atoms with Gasteiger partial charge in [0.2, 0.25) is 0 Å². The fourth-order valence-corrected chi connectivity index (χ4v) is 2.94. The van der Waals surface area contributed by atoms with Gasteiger partial charge < -0.3 is 32.5 Å². The van der Waals surface area contributed by atoms with Gasteiger partial charge in [0.25, 0.3) is 0 Å². The predicted molar refractivity (Wildman–Crippen MR) is 112 cm³/mol. The molecule has 0 aliphatic heterocycles. The maximum absolute atomic E-state index is 9.86. The Morgan fingerprint density at radius 3 is 1.32 bits per heavy atom. The summed E-state index contributed by atoms with van der Waals surface area (Å²) in [7, 11) is 0. The Labute approximate surface area is 299 Å². The van der Waals surface area contributed by atoms with Crippen LogP contribution in [0, 0.1) is 6.92 Å². The number of hydrogen-bond acceptors (Lipinski definition) is 5. The molecule has 0 fully saturated rings. The van der Waals surface area contributed by atoms with Crippen molar-refractivity contribution >= 4 is 11.9 Å². The van der Waals surface area contributed by atoms with Crippen molar-refractivity contribution in [2.45, 2.75) is 129 Å². The number of rotatable bonds is 19. The van der Waals surface area contributed by atoms with E-state index >= 15 is 0 Å². The van der Waals surface area contributed by atoms with E-state index in [1.165, 1.54) is 96.3 Å². The van der Waals surface area contributed by atoms with E-state index in [0.29, 0.717) is 0 Å². The molecule has 0 aromatic heterocycles. The van der Waals surface area contributed by atoms with Gasteiger partial charge in [0.15, 0.2) is 0 Å². The summed E-state index contributed by atoms with van der Waals surface area (Å²) in [5.41, 5.74) is 4.91. The largest absolute Gasteiger partial charge is 1.00 e. The average Bonchev–Trinajstić information content (AvgIpc) is 2.66. The number of unbranched alkanes of at least 4 members (excludes halogenated alkanes) is 15. The Hall–Kier alpha value is 3.17. The SMILES string of the molecule is NC(CCC(=O)[O-])C(=O)[O-].[CH2-]CCCCCCCCCCCCCCCCC.[K+].[K+].[Na+]. The number of aliphatic carboxylic acids is 2. The van der Waals surface area contributed by atoms with Crippen LogP contribution < -0.4 is 148 Å². The Kier molecular flexibility index (Phi) is 53.8. The second-order valence-corrected chi connectivity index (χ2v) is 7.64. The monoisotopic (exact) mass is 499 g/mol. The number of carboxylic acids is 2. The Bertz CT molecular complexity index is 348. The molecule has 0 amide bonds. The van der Waals surface area contributed by atoms with Gasteiger partial charge in [-0.2, -0.15) is 6.42 Å². The predicted octanol–water partition coefficient (Wildman–Crippen LogP) is -5.31. The summed E-state index contributed by atoms with van der Waals surface area (Å²) < 4.78 is 0. The molecular formula is C23H44K2NNaO4. The number of carboxylic acid groups (broad SMARTS) is 2. The minimum absolute atomic E-state index is 0. The number of carbonyl (C=O) groups excluding carboxylic acids is 2. The molecule has 2 N–H and O–H groups in total. The molecule has 0 radical (unpaired) electrons. The third-order valence-electron chi connectivity index (χ3n) is 4.82. The van der Waals surface area contributed by atoms with Crippen LogP contribution in [-0.4, -0.2) is 18.0 Å². The molecule has 0 aromatic carbocycles. The molecule has 31 heavy (non-hydrogen) atoms. The molecule has 168 valence electrons. The molecule has 5 nitrogen and oxygen atoms in total. The molecule has 0 heterocycles. The molecule has 0 saturated heterocycles. The zero-order chi connectivity index (χ0) is 21.5. The van der Waals surface area contributed by atoms with Crippen LogP contribution in [0.1, 0.15) is 122 Å². The maximum Gasteiger partial charge on any atom is 1.00 e. The van der Waals surface area contributed by atoms with E-state index < -0.39 is 18.0 Å². The van der Waals surface area contributed by atoms with Gasteiger partial charge in [-0.15, -0.1) is 0 Å². The molecule has 0 spiro atoms. The van der Waals surface area contributed by atoms with Gasteiger partial charge in [0.05, 0.1) is 5.97 Å². The van der Waals surface area contributed by atoms with Crippen LogP contribution in [0.5, 0.6) is 0 Å². The van der Waals surface area contributed by atoms with E-state index in [4.69, 9.17) is 5.73 Å². The van der Waals surface area contributed by atoms with Crippen LogP contribution in [0.4, 0.5) is 0 Å². The molecule has 1 atom stereocenters. The van der Waals surface area contributed by atoms with Crippen molar-refractivity contribution in [3.8, 4) is 0 Å². The van der Waals surface area contributed by atoms with Gasteiger partial charge in [-0.1, -0.05) is 103 Å². The summed E-state index contributed by atoms with van der Waals surface area (Å²) in [6.45, 7) is 6.18. The molecule has 0 aromatic rings. The summed E-state index contributed by atoms with van der Waals surface area (Å²) >= 11 is 0. The fourth-order valence-electron chi connectivity index (χ4n) is 2.94. The Morgan fingerprint density at radius 1 is 0.742 bits per heavy atom. The fraction of sp³-hybridized carbons (Fsp3) is 0.870. The van der Waals surface area contributed by atoms with Crippen LogP contribution >= 0.6 is 0 Å². The van der Waals surface area contributed by atoms with Crippen molar-refractivity contribution < 1.29 is 152 Å². The number of hydrogen-bond donors (Lipinski definition) is 1. The molecule has 0 aliphatic carbocycles.